The van der Waals surface area contributed by atoms with Crippen LogP contribution in [0.1, 0.15) is 58.8 Å². The van der Waals surface area contributed by atoms with E-state index >= 15 is 0 Å². The van der Waals surface area contributed by atoms with Gasteiger partial charge in [0.25, 0.3) is 0 Å². The molecular weight excluding hydrogens is 218 g/mol. The van der Waals surface area contributed by atoms with Crippen LogP contribution in [0.4, 0.5) is 0 Å². The summed E-state index contributed by atoms with van der Waals surface area (Å²) in [5.41, 5.74) is 0. The lowest BCUT2D eigenvalue weighted by molar-refractivity contribution is -0.145. The molecule has 0 rings (SSSR count). The fourth-order valence-electron chi connectivity index (χ4n) is 1.77. The molecule has 0 aliphatic carbocycles. The van der Waals surface area contributed by atoms with E-state index < -0.39 is 6.04 Å². The number of hydrogen-bond acceptors (Lipinski definition) is 3. The average molecular weight is 243 g/mol. The quantitative estimate of drug-likeness (QED) is 0.500. The van der Waals surface area contributed by atoms with E-state index in [0.717, 1.165) is 12.8 Å². The van der Waals surface area contributed by atoms with E-state index in [1.807, 2.05) is 0 Å². The van der Waals surface area contributed by atoms with Crippen molar-refractivity contribution in [3.8, 4) is 0 Å². The molecule has 1 amide bonds. The van der Waals surface area contributed by atoms with E-state index in [9.17, 15) is 9.59 Å². The minimum Gasteiger partial charge on any atom is -0.467 e. The Hall–Kier alpha value is -1.06. The molecule has 4 nitrogen and oxygen atoms in total. The first-order chi connectivity index (χ1) is 8.11. The molecule has 1 N–H and O–H groups in total. The van der Waals surface area contributed by atoms with E-state index in [4.69, 9.17) is 0 Å². The molecule has 0 aliphatic rings. The summed E-state index contributed by atoms with van der Waals surface area (Å²) >= 11 is 0. The Kier molecular flexibility index (Phi) is 9.49. The van der Waals surface area contributed by atoms with Crippen molar-refractivity contribution in [3.63, 3.8) is 0 Å². The Bertz CT molecular complexity index is 229. The Morgan fingerprint density at radius 3 is 2.24 bits per heavy atom. The Balaban J connectivity index is 3.76. The van der Waals surface area contributed by atoms with Crippen LogP contribution in [0.5, 0.6) is 0 Å². The van der Waals surface area contributed by atoms with Gasteiger partial charge in [0.2, 0.25) is 5.91 Å². The predicted octanol–water partition coefficient (Wildman–Crippen LogP) is 2.41. The number of rotatable bonds is 9. The third kappa shape index (κ3) is 8.72. The van der Waals surface area contributed by atoms with Gasteiger partial charge in [-0.25, -0.2) is 4.79 Å². The van der Waals surface area contributed by atoms with Crippen molar-refractivity contribution in [3.05, 3.63) is 0 Å². The highest BCUT2D eigenvalue weighted by Crippen LogP contribution is 2.09. The molecule has 0 unspecified atom stereocenters. The molecule has 1 atom stereocenters. The normalized spacial score (nSPS) is 11.9. The highest BCUT2D eigenvalue weighted by Gasteiger charge is 2.18. The topological polar surface area (TPSA) is 55.4 Å². The number of methoxy groups -OCH3 is 1. The number of hydrogen-bond donors (Lipinski definition) is 1. The molecule has 0 saturated heterocycles. The summed E-state index contributed by atoms with van der Waals surface area (Å²) in [6.07, 6.45) is 7.67. The van der Waals surface area contributed by atoms with Gasteiger partial charge in [0.1, 0.15) is 6.04 Å². The lowest BCUT2D eigenvalue weighted by Crippen LogP contribution is -2.40. The Morgan fingerprint density at radius 1 is 1.12 bits per heavy atom. The summed E-state index contributed by atoms with van der Waals surface area (Å²) < 4.78 is 4.66. The monoisotopic (exact) mass is 243 g/mol. The van der Waals surface area contributed by atoms with Crippen LogP contribution in [0.3, 0.4) is 0 Å². The summed E-state index contributed by atoms with van der Waals surface area (Å²) in [6, 6.07) is -0.483. The van der Waals surface area contributed by atoms with E-state index in [-0.39, 0.29) is 11.9 Å². The van der Waals surface area contributed by atoms with Crippen LogP contribution in [0.15, 0.2) is 0 Å². The molecule has 0 aromatic heterocycles. The molecule has 0 saturated carbocycles. The number of esters is 1. The molecule has 0 bridgehead atoms. The smallest absolute Gasteiger partial charge is 0.328 e. The number of carbonyl (C=O) groups is 2. The van der Waals surface area contributed by atoms with Crippen molar-refractivity contribution in [1.82, 2.24) is 5.32 Å². The summed E-state index contributed by atoms with van der Waals surface area (Å²) in [5.74, 6) is -0.542. The van der Waals surface area contributed by atoms with Gasteiger partial charge in [-0.1, -0.05) is 45.4 Å². The van der Waals surface area contributed by atoms with E-state index in [1.54, 1.807) is 0 Å². The number of amides is 1. The van der Waals surface area contributed by atoms with Crippen LogP contribution < -0.4 is 5.32 Å². The fourth-order valence-corrected chi connectivity index (χ4v) is 1.77. The van der Waals surface area contributed by atoms with Crippen LogP contribution in [0, 0.1) is 0 Å². The van der Waals surface area contributed by atoms with Crippen molar-refractivity contribution in [2.45, 2.75) is 64.8 Å². The first-order valence-corrected chi connectivity index (χ1v) is 6.46. The van der Waals surface area contributed by atoms with Gasteiger partial charge in [-0.05, 0) is 6.42 Å². The molecule has 0 fully saturated rings. The molecule has 0 aliphatic heterocycles. The van der Waals surface area contributed by atoms with Crippen LogP contribution in [-0.2, 0) is 14.3 Å². The highest BCUT2D eigenvalue weighted by molar-refractivity contribution is 5.83. The van der Waals surface area contributed by atoms with Gasteiger partial charge in [-0.15, -0.1) is 0 Å². The van der Waals surface area contributed by atoms with Gasteiger partial charge in [0.15, 0.2) is 0 Å². The zero-order valence-corrected chi connectivity index (χ0v) is 11.3. The predicted molar refractivity (Wildman–Crippen MR) is 67.6 cm³/mol. The lowest BCUT2D eigenvalue weighted by Gasteiger charge is -2.15. The number of ether oxygens (including phenoxy) is 1. The fraction of sp³-hybridized carbons (Fsp3) is 0.846. The third-order valence-electron chi connectivity index (χ3n) is 2.71. The SMILES string of the molecule is CCCCCCCC[C@@H](NC(C)=O)C(=O)OC. The molecular formula is C13H25NO3. The second-order valence-electron chi connectivity index (χ2n) is 4.33. The Morgan fingerprint density at radius 2 is 1.71 bits per heavy atom. The van der Waals surface area contributed by atoms with Crippen molar-refractivity contribution in [1.29, 1.82) is 0 Å². The molecule has 17 heavy (non-hydrogen) atoms. The number of nitrogens with one attached hydrogen (secondary N) is 1. The van der Waals surface area contributed by atoms with Crippen molar-refractivity contribution >= 4 is 11.9 Å². The second kappa shape index (κ2) is 10.1. The number of unbranched alkanes of at least 4 members (excludes halogenated alkanes) is 5. The van der Waals surface area contributed by atoms with Gasteiger partial charge in [0, 0.05) is 6.92 Å². The van der Waals surface area contributed by atoms with Crippen LogP contribution in [0.2, 0.25) is 0 Å². The molecule has 0 radical (unpaired) electrons. The molecule has 100 valence electrons. The van der Waals surface area contributed by atoms with E-state index in [0.29, 0.717) is 6.42 Å². The van der Waals surface area contributed by atoms with Crippen molar-refractivity contribution in [2.75, 3.05) is 7.11 Å². The third-order valence-corrected chi connectivity index (χ3v) is 2.71. The summed E-state index contributed by atoms with van der Waals surface area (Å²) in [4.78, 5) is 22.3. The maximum absolute atomic E-state index is 11.4. The Labute approximate surface area is 104 Å². The van der Waals surface area contributed by atoms with E-state index in [1.165, 1.54) is 39.7 Å². The van der Waals surface area contributed by atoms with Crippen LogP contribution >= 0.6 is 0 Å². The maximum atomic E-state index is 11.4. The van der Waals surface area contributed by atoms with Gasteiger partial charge in [0.05, 0.1) is 7.11 Å². The molecule has 0 aromatic rings. The van der Waals surface area contributed by atoms with Crippen LogP contribution in [0.25, 0.3) is 0 Å². The van der Waals surface area contributed by atoms with Gasteiger partial charge in [-0.3, -0.25) is 4.79 Å². The molecule has 4 heteroatoms. The van der Waals surface area contributed by atoms with Gasteiger partial charge in [-0.2, -0.15) is 0 Å². The minimum atomic E-state index is -0.483. The van der Waals surface area contributed by atoms with Gasteiger partial charge >= 0.3 is 5.97 Å². The average Bonchev–Trinajstić information content (AvgIpc) is 2.30. The molecule has 0 heterocycles. The highest BCUT2D eigenvalue weighted by atomic mass is 16.5. The van der Waals surface area contributed by atoms with Crippen LogP contribution in [-0.4, -0.2) is 25.0 Å². The first kappa shape index (κ1) is 15.9. The van der Waals surface area contributed by atoms with E-state index in [2.05, 4.69) is 17.0 Å². The molecule has 0 spiro atoms. The largest absolute Gasteiger partial charge is 0.467 e. The van der Waals surface area contributed by atoms with Gasteiger partial charge < -0.3 is 10.1 Å². The number of carbonyl (C=O) groups excluding carboxylic acids is 2. The zero-order valence-electron chi connectivity index (χ0n) is 11.3. The minimum absolute atomic E-state index is 0.189. The second-order valence-corrected chi connectivity index (χ2v) is 4.33. The maximum Gasteiger partial charge on any atom is 0.328 e. The summed E-state index contributed by atoms with van der Waals surface area (Å²) in [6.45, 7) is 3.60. The van der Waals surface area contributed by atoms with Crippen molar-refractivity contribution < 1.29 is 14.3 Å². The summed E-state index contributed by atoms with van der Waals surface area (Å²) in [7, 11) is 1.35. The lowest BCUT2D eigenvalue weighted by atomic mass is 10.1. The standard InChI is InChI=1S/C13H25NO3/c1-4-5-6-7-8-9-10-12(13(16)17-3)14-11(2)15/h12H,4-10H2,1-3H3,(H,14,15)/t12-/m1/s1. The first-order valence-electron chi connectivity index (χ1n) is 6.46. The molecule has 0 aromatic carbocycles. The van der Waals surface area contributed by atoms with Crippen molar-refractivity contribution in [2.24, 2.45) is 0 Å². The zero-order chi connectivity index (χ0) is 13.1. The summed E-state index contributed by atoms with van der Waals surface area (Å²) in [5, 5.41) is 2.62.